The summed E-state index contributed by atoms with van der Waals surface area (Å²) in [5, 5.41) is 14.1. The van der Waals surface area contributed by atoms with Gasteiger partial charge in [-0.05, 0) is 49.1 Å². The van der Waals surface area contributed by atoms with Gasteiger partial charge in [0.25, 0.3) is 0 Å². The van der Waals surface area contributed by atoms with Crippen LogP contribution in [0.3, 0.4) is 0 Å². The van der Waals surface area contributed by atoms with E-state index in [-0.39, 0.29) is 17.3 Å². The van der Waals surface area contributed by atoms with E-state index in [9.17, 15) is 13.5 Å². The summed E-state index contributed by atoms with van der Waals surface area (Å²) in [6.45, 7) is 4.41. The molecule has 0 aliphatic rings. The Morgan fingerprint density at radius 1 is 1.19 bits per heavy atom. The van der Waals surface area contributed by atoms with Crippen LogP contribution >= 0.6 is 0 Å². The first-order valence-corrected chi connectivity index (χ1v) is 13.1. The lowest BCUT2D eigenvalue weighted by Crippen LogP contribution is -2.27. The quantitative estimate of drug-likeness (QED) is 0.297. The zero-order chi connectivity index (χ0) is 25.7. The highest BCUT2D eigenvalue weighted by molar-refractivity contribution is 7.89. The molecule has 0 saturated heterocycles. The number of nitrogens with one attached hydrogen (secondary N) is 1. The zero-order valence-electron chi connectivity index (χ0n) is 20.2. The molecule has 4 rings (SSSR count). The predicted octanol–water partition coefficient (Wildman–Crippen LogP) is 2.78. The second-order valence-electron chi connectivity index (χ2n) is 8.50. The number of nitrogen functional groups attached to an aromatic ring is 1. The molecule has 3 heterocycles. The molecule has 0 amide bonds. The molecule has 1 atom stereocenters. The minimum atomic E-state index is -3.76. The van der Waals surface area contributed by atoms with Crippen LogP contribution in [0.5, 0.6) is 0 Å². The molecule has 3 aromatic heterocycles. The third-order valence-electron chi connectivity index (χ3n) is 5.81. The minimum Gasteiger partial charge on any atom is -0.393 e. The number of hydrogen-bond donors (Lipinski definition) is 3. The third kappa shape index (κ3) is 5.93. The van der Waals surface area contributed by atoms with Crippen LogP contribution in [0.15, 0.2) is 66.2 Å². The van der Waals surface area contributed by atoms with E-state index in [0.29, 0.717) is 41.9 Å². The van der Waals surface area contributed by atoms with Gasteiger partial charge in [-0.2, -0.15) is 5.10 Å². The van der Waals surface area contributed by atoms with Crippen molar-refractivity contribution < 1.29 is 13.5 Å². The van der Waals surface area contributed by atoms with Gasteiger partial charge in [-0.1, -0.05) is 19.1 Å². The highest BCUT2D eigenvalue weighted by Gasteiger charge is 2.18. The van der Waals surface area contributed by atoms with Crippen molar-refractivity contribution >= 4 is 15.8 Å². The SMILES string of the molecule is CCC(O)CCNS(=O)(=O)c1ccc(C)c(-c2cnc(N)c(-c3cnn(Cc4cccnc4)c3)n2)c1. The average Bonchev–Trinajstić information content (AvgIpc) is 3.33. The molecular weight excluding hydrogens is 478 g/mol. The summed E-state index contributed by atoms with van der Waals surface area (Å²) in [5.41, 5.74) is 10.3. The Balaban J connectivity index is 1.61. The van der Waals surface area contributed by atoms with Crippen molar-refractivity contribution in [2.75, 3.05) is 12.3 Å². The Morgan fingerprint density at radius 3 is 2.78 bits per heavy atom. The summed E-state index contributed by atoms with van der Waals surface area (Å²) in [6, 6.07) is 8.69. The van der Waals surface area contributed by atoms with Crippen molar-refractivity contribution in [3.05, 3.63) is 72.4 Å². The maximum atomic E-state index is 12.8. The zero-order valence-corrected chi connectivity index (χ0v) is 21.0. The first-order chi connectivity index (χ1) is 17.3. The normalized spacial score (nSPS) is 12.5. The van der Waals surface area contributed by atoms with E-state index in [1.807, 2.05) is 32.2 Å². The molecule has 10 nitrogen and oxygen atoms in total. The van der Waals surface area contributed by atoms with Gasteiger partial charge < -0.3 is 10.8 Å². The minimum absolute atomic E-state index is 0.110. The number of pyridine rings is 1. The fourth-order valence-electron chi connectivity index (χ4n) is 3.68. The number of sulfonamides is 1. The van der Waals surface area contributed by atoms with Crippen LogP contribution in [0, 0.1) is 6.92 Å². The summed E-state index contributed by atoms with van der Waals surface area (Å²) >= 11 is 0. The number of hydrogen-bond acceptors (Lipinski definition) is 8. The van der Waals surface area contributed by atoms with Crippen molar-refractivity contribution in [3.8, 4) is 22.5 Å². The number of anilines is 1. The summed E-state index contributed by atoms with van der Waals surface area (Å²) in [5.74, 6) is 0.247. The number of aromatic nitrogens is 5. The Labute approximate surface area is 210 Å². The van der Waals surface area contributed by atoms with Crippen LogP contribution in [0.25, 0.3) is 22.5 Å². The van der Waals surface area contributed by atoms with Gasteiger partial charge in [-0.3, -0.25) is 9.67 Å². The largest absolute Gasteiger partial charge is 0.393 e. The molecule has 0 aliphatic carbocycles. The highest BCUT2D eigenvalue weighted by Crippen LogP contribution is 2.29. The fraction of sp³-hybridized carbons (Fsp3) is 0.280. The van der Waals surface area contributed by atoms with Crippen molar-refractivity contribution in [1.29, 1.82) is 0 Å². The van der Waals surface area contributed by atoms with Crippen LogP contribution < -0.4 is 10.5 Å². The van der Waals surface area contributed by atoms with Gasteiger partial charge in [0.15, 0.2) is 0 Å². The summed E-state index contributed by atoms with van der Waals surface area (Å²) < 4.78 is 30.0. The van der Waals surface area contributed by atoms with Crippen molar-refractivity contribution in [3.63, 3.8) is 0 Å². The Bertz CT molecular complexity index is 1440. The molecule has 0 bridgehead atoms. The second kappa shape index (κ2) is 10.9. The molecular formula is C25H29N7O3S. The summed E-state index contributed by atoms with van der Waals surface area (Å²) in [6.07, 6.45) is 8.89. The molecule has 0 radical (unpaired) electrons. The molecule has 4 N–H and O–H groups in total. The average molecular weight is 508 g/mol. The maximum absolute atomic E-state index is 12.8. The number of nitrogens with two attached hydrogens (primary N) is 1. The van der Waals surface area contributed by atoms with E-state index in [4.69, 9.17) is 10.7 Å². The molecule has 0 fully saturated rings. The molecule has 188 valence electrons. The van der Waals surface area contributed by atoms with E-state index in [0.717, 1.165) is 11.1 Å². The molecule has 0 spiro atoms. The van der Waals surface area contributed by atoms with Gasteiger partial charge in [-0.25, -0.2) is 23.1 Å². The van der Waals surface area contributed by atoms with E-state index < -0.39 is 16.1 Å². The lowest BCUT2D eigenvalue weighted by Gasteiger charge is -2.12. The molecule has 0 saturated carbocycles. The fourth-order valence-corrected chi connectivity index (χ4v) is 4.76. The summed E-state index contributed by atoms with van der Waals surface area (Å²) in [4.78, 5) is 13.3. The number of rotatable bonds is 10. The molecule has 36 heavy (non-hydrogen) atoms. The number of nitrogens with zero attached hydrogens (tertiary/aromatic N) is 5. The van der Waals surface area contributed by atoms with Crippen LogP contribution in [-0.4, -0.2) is 50.9 Å². The lowest BCUT2D eigenvalue weighted by molar-refractivity contribution is 0.162. The molecule has 11 heteroatoms. The van der Waals surface area contributed by atoms with Gasteiger partial charge in [0.05, 0.1) is 35.6 Å². The van der Waals surface area contributed by atoms with E-state index >= 15 is 0 Å². The topological polar surface area (TPSA) is 149 Å². The number of aryl methyl sites for hydroxylation is 1. The van der Waals surface area contributed by atoms with Gasteiger partial charge >= 0.3 is 0 Å². The molecule has 4 aromatic rings. The Hall–Kier alpha value is -3.67. The predicted molar refractivity (Wildman–Crippen MR) is 137 cm³/mol. The summed E-state index contributed by atoms with van der Waals surface area (Å²) in [7, 11) is -3.76. The second-order valence-corrected chi connectivity index (χ2v) is 10.3. The molecule has 1 unspecified atom stereocenters. The van der Waals surface area contributed by atoms with Crippen molar-refractivity contribution in [2.45, 2.75) is 44.2 Å². The van der Waals surface area contributed by atoms with Gasteiger partial charge in [0, 0.05) is 36.3 Å². The Kier molecular flexibility index (Phi) is 7.73. The lowest BCUT2D eigenvalue weighted by atomic mass is 10.1. The first-order valence-electron chi connectivity index (χ1n) is 11.6. The first kappa shape index (κ1) is 25.4. The van der Waals surface area contributed by atoms with Crippen LogP contribution in [0.2, 0.25) is 0 Å². The maximum Gasteiger partial charge on any atom is 0.240 e. The number of aliphatic hydroxyl groups excluding tert-OH is 1. The van der Waals surface area contributed by atoms with E-state index in [1.165, 1.54) is 6.20 Å². The van der Waals surface area contributed by atoms with Crippen LogP contribution in [0.4, 0.5) is 5.82 Å². The van der Waals surface area contributed by atoms with Crippen molar-refractivity contribution in [1.82, 2.24) is 29.5 Å². The smallest absolute Gasteiger partial charge is 0.240 e. The third-order valence-corrected chi connectivity index (χ3v) is 7.27. The highest BCUT2D eigenvalue weighted by atomic mass is 32.2. The monoisotopic (exact) mass is 507 g/mol. The molecule has 0 aliphatic heterocycles. The van der Waals surface area contributed by atoms with Crippen molar-refractivity contribution in [2.24, 2.45) is 0 Å². The van der Waals surface area contributed by atoms with E-state index in [1.54, 1.807) is 41.5 Å². The number of benzene rings is 1. The van der Waals surface area contributed by atoms with E-state index in [2.05, 4.69) is 19.8 Å². The molecule has 1 aromatic carbocycles. The van der Waals surface area contributed by atoms with Gasteiger partial charge in [-0.15, -0.1) is 0 Å². The standard InChI is InChI=1S/C25H29N7O3S/c1-3-20(33)8-10-30-36(34,35)21-7-6-17(2)22(11-21)23-14-28-25(26)24(31-23)19-13-29-32(16-19)15-18-5-4-9-27-12-18/h4-7,9,11-14,16,20,30,33H,3,8,10,15H2,1-2H3,(H2,26,28). The number of aliphatic hydroxyl groups is 1. The Morgan fingerprint density at radius 2 is 2.03 bits per heavy atom. The van der Waals surface area contributed by atoms with Crippen LogP contribution in [0.1, 0.15) is 30.9 Å². The van der Waals surface area contributed by atoms with Crippen LogP contribution in [-0.2, 0) is 16.6 Å². The van der Waals surface area contributed by atoms with Gasteiger partial charge in [0.1, 0.15) is 11.5 Å². The van der Waals surface area contributed by atoms with Gasteiger partial charge in [0.2, 0.25) is 10.0 Å².